The Morgan fingerprint density at radius 3 is 1.79 bits per heavy atom. The van der Waals surface area contributed by atoms with E-state index < -0.39 is 53.3 Å². The van der Waals surface area contributed by atoms with E-state index in [0.29, 0.717) is 17.7 Å². The van der Waals surface area contributed by atoms with Gasteiger partial charge in [0, 0.05) is 12.8 Å². The zero-order valence-electron chi connectivity index (χ0n) is 16.5. The minimum absolute atomic E-state index is 0.00765. The number of aromatic nitrogens is 2. The highest BCUT2D eigenvalue weighted by molar-refractivity contribution is 5.67. The number of carbonyl (C=O) groups is 1. The topological polar surface area (TPSA) is 98.3 Å². The number of aromatic hydroxyl groups is 1. The second kappa shape index (κ2) is 8.96. The van der Waals surface area contributed by atoms with Crippen molar-refractivity contribution in [1.82, 2.24) is 9.97 Å². The number of hydrogen-bond acceptors (Lipinski definition) is 5. The van der Waals surface area contributed by atoms with Crippen LogP contribution < -0.4 is 10.5 Å². The molecule has 12 heteroatoms. The summed E-state index contributed by atoms with van der Waals surface area (Å²) >= 11 is 0. The SMILES string of the molecule is NC(=O)Oc1nc(Cc2ccccc2)c(O)c(Cc2cc(C(F)(F)F)cc(C(F)(F)F)c2)n1. The molecule has 0 bridgehead atoms. The number of alkyl halides is 6. The molecule has 0 aliphatic rings. The van der Waals surface area contributed by atoms with E-state index in [1.165, 1.54) is 0 Å². The number of amides is 1. The van der Waals surface area contributed by atoms with Gasteiger partial charge in [0.1, 0.15) is 0 Å². The molecule has 2 aromatic carbocycles. The van der Waals surface area contributed by atoms with Gasteiger partial charge < -0.3 is 15.6 Å². The summed E-state index contributed by atoms with van der Waals surface area (Å²) < 4.78 is 83.6. The van der Waals surface area contributed by atoms with Crippen LogP contribution in [0.5, 0.6) is 11.8 Å². The van der Waals surface area contributed by atoms with Crippen molar-refractivity contribution in [2.75, 3.05) is 0 Å². The maximum Gasteiger partial charge on any atom is 0.416 e. The van der Waals surface area contributed by atoms with Gasteiger partial charge in [0.2, 0.25) is 0 Å². The molecule has 3 rings (SSSR count). The average molecular weight is 471 g/mol. The fourth-order valence-corrected chi connectivity index (χ4v) is 3.01. The predicted octanol–water partition coefficient (Wildman–Crippen LogP) is 4.86. The number of halogens is 6. The van der Waals surface area contributed by atoms with E-state index >= 15 is 0 Å². The third-order valence-corrected chi connectivity index (χ3v) is 4.43. The van der Waals surface area contributed by atoms with Crippen LogP contribution in [-0.2, 0) is 25.2 Å². The molecular weight excluding hydrogens is 456 g/mol. The Labute approximate surface area is 182 Å². The molecule has 0 aliphatic carbocycles. The van der Waals surface area contributed by atoms with E-state index in [9.17, 15) is 36.2 Å². The van der Waals surface area contributed by atoms with Gasteiger partial charge in [0.15, 0.2) is 5.75 Å². The summed E-state index contributed by atoms with van der Waals surface area (Å²) in [6, 6.07) is 8.95. The molecule has 3 aromatic rings. The molecule has 6 nitrogen and oxygen atoms in total. The monoisotopic (exact) mass is 471 g/mol. The first-order valence-electron chi connectivity index (χ1n) is 9.21. The Kier molecular flexibility index (Phi) is 6.47. The molecule has 1 heterocycles. The third-order valence-electron chi connectivity index (χ3n) is 4.43. The third kappa shape index (κ3) is 6.11. The average Bonchev–Trinajstić information content (AvgIpc) is 2.70. The van der Waals surface area contributed by atoms with E-state index in [4.69, 9.17) is 5.73 Å². The van der Waals surface area contributed by atoms with Gasteiger partial charge in [-0.15, -0.1) is 0 Å². The molecular formula is C21H15F6N3O3. The molecule has 0 saturated heterocycles. The van der Waals surface area contributed by atoms with E-state index in [-0.39, 0.29) is 23.9 Å². The number of carbonyl (C=O) groups excluding carboxylic acids is 1. The fraction of sp³-hybridized carbons (Fsp3) is 0.190. The summed E-state index contributed by atoms with van der Waals surface area (Å²) in [5.74, 6) is -0.568. The van der Waals surface area contributed by atoms with Crippen LogP contribution in [0.4, 0.5) is 31.1 Å². The van der Waals surface area contributed by atoms with Gasteiger partial charge in [0.05, 0.1) is 22.5 Å². The smallest absolute Gasteiger partial charge is 0.416 e. The molecule has 0 fully saturated rings. The van der Waals surface area contributed by atoms with Crippen LogP contribution in [0.25, 0.3) is 0 Å². The van der Waals surface area contributed by atoms with Crippen molar-refractivity contribution < 1.29 is 41.0 Å². The van der Waals surface area contributed by atoms with E-state index in [1.54, 1.807) is 30.3 Å². The lowest BCUT2D eigenvalue weighted by atomic mass is 10.00. The van der Waals surface area contributed by atoms with Gasteiger partial charge in [-0.05, 0) is 29.3 Å². The van der Waals surface area contributed by atoms with E-state index in [0.717, 1.165) is 0 Å². The predicted molar refractivity (Wildman–Crippen MR) is 102 cm³/mol. The maximum atomic E-state index is 13.2. The largest absolute Gasteiger partial charge is 0.504 e. The fourth-order valence-electron chi connectivity index (χ4n) is 3.01. The summed E-state index contributed by atoms with van der Waals surface area (Å²) in [7, 11) is 0. The highest BCUT2D eigenvalue weighted by Crippen LogP contribution is 2.37. The molecule has 0 radical (unpaired) electrons. The first kappa shape index (κ1) is 23.8. The van der Waals surface area contributed by atoms with Crippen molar-refractivity contribution in [3.05, 3.63) is 82.2 Å². The lowest BCUT2D eigenvalue weighted by molar-refractivity contribution is -0.143. The van der Waals surface area contributed by atoms with Crippen molar-refractivity contribution in [2.45, 2.75) is 25.2 Å². The summed E-state index contributed by atoms with van der Waals surface area (Å²) in [6.07, 6.45) is -12.0. The number of nitrogens with two attached hydrogens (primary N) is 1. The highest BCUT2D eigenvalue weighted by atomic mass is 19.4. The molecule has 33 heavy (non-hydrogen) atoms. The van der Waals surface area contributed by atoms with Crippen molar-refractivity contribution in [2.24, 2.45) is 5.73 Å². The van der Waals surface area contributed by atoms with Crippen LogP contribution in [-0.4, -0.2) is 21.2 Å². The van der Waals surface area contributed by atoms with Crippen LogP contribution in [0.2, 0.25) is 0 Å². The van der Waals surface area contributed by atoms with Crippen LogP contribution in [0.1, 0.15) is 33.6 Å². The molecule has 174 valence electrons. The maximum absolute atomic E-state index is 13.2. The second-order valence-electron chi connectivity index (χ2n) is 6.92. The Balaban J connectivity index is 2.08. The first-order valence-corrected chi connectivity index (χ1v) is 9.21. The lowest BCUT2D eigenvalue weighted by Gasteiger charge is -2.15. The Hall–Kier alpha value is -3.83. The minimum atomic E-state index is -5.04. The van der Waals surface area contributed by atoms with Gasteiger partial charge in [-0.1, -0.05) is 30.3 Å². The molecule has 0 aliphatic heterocycles. The number of rotatable bonds is 5. The Morgan fingerprint density at radius 1 is 0.848 bits per heavy atom. The molecule has 0 atom stereocenters. The molecule has 1 amide bonds. The number of primary amides is 1. The van der Waals surface area contributed by atoms with Crippen LogP contribution >= 0.6 is 0 Å². The quantitative estimate of drug-likeness (QED) is 0.518. The Morgan fingerprint density at radius 2 is 1.33 bits per heavy atom. The molecule has 0 saturated carbocycles. The summed E-state index contributed by atoms with van der Waals surface area (Å²) in [5, 5.41) is 10.6. The Bertz CT molecular complexity index is 1130. The van der Waals surface area contributed by atoms with Crippen molar-refractivity contribution in [3.8, 4) is 11.8 Å². The van der Waals surface area contributed by atoms with Gasteiger partial charge in [-0.2, -0.15) is 36.3 Å². The first-order chi connectivity index (χ1) is 15.3. The minimum Gasteiger partial charge on any atom is -0.504 e. The normalized spacial score (nSPS) is 11.9. The number of nitrogens with zero attached hydrogens (tertiary/aromatic N) is 2. The van der Waals surface area contributed by atoms with Crippen molar-refractivity contribution in [1.29, 1.82) is 0 Å². The van der Waals surface area contributed by atoms with Crippen LogP contribution in [0.3, 0.4) is 0 Å². The number of benzene rings is 2. The van der Waals surface area contributed by atoms with Crippen molar-refractivity contribution in [3.63, 3.8) is 0 Å². The van der Waals surface area contributed by atoms with Crippen molar-refractivity contribution >= 4 is 6.09 Å². The molecule has 1 aromatic heterocycles. The second-order valence-corrected chi connectivity index (χ2v) is 6.92. The van der Waals surface area contributed by atoms with Gasteiger partial charge in [-0.25, -0.2) is 4.79 Å². The summed E-state index contributed by atoms with van der Waals surface area (Å²) in [5.41, 5.74) is 1.75. The van der Waals surface area contributed by atoms with Gasteiger partial charge >= 0.3 is 24.5 Å². The van der Waals surface area contributed by atoms with E-state index in [1.807, 2.05) is 0 Å². The number of hydrogen-bond donors (Lipinski definition) is 2. The number of ether oxygens (including phenoxy) is 1. The zero-order valence-corrected chi connectivity index (χ0v) is 16.5. The van der Waals surface area contributed by atoms with Crippen LogP contribution in [0, 0.1) is 0 Å². The molecule has 0 unspecified atom stereocenters. The zero-order chi connectivity index (χ0) is 24.4. The van der Waals surface area contributed by atoms with Gasteiger partial charge in [0.25, 0.3) is 0 Å². The summed E-state index contributed by atoms with van der Waals surface area (Å²) in [6.45, 7) is 0. The standard InChI is InChI=1S/C21H15F6N3O3/c22-20(23,24)13-6-12(7-14(10-13)21(25,26)27)9-16-17(31)15(8-11-4-2-1-3-5-11)29-19(30-16)33-18(28)32/h1-7,10,31H,8-9H2,(H2,28,32). The molecule has 3 N–H and O–H groups in total. The molecule has 0 spiro atoms. The highest BCUT2D eigenvalue weighted by Gasteiger charge is 2.37. The van der Waals surface area contributed by atoms with E-state index in [2.05, 4.69) is 14.7 Å². The lowest BCUT2D eigenvalue weighted by Crippen LogP contribution is -2.19. The van der Waals surface area contributed by atoms with Gasteiger partial charge in [-0.3, -0.25) is 0 Å². The van der Waals surface area contributed by atoms with Crippen LogP contribution in [0.15, 0.2) is 48.5 Å². The summed E-state index contributed by atoms with van der Waals surface area (Å²) in [4.78, 5) is 18.7.